The third-order valence-corrected chi connectivity index (χ3v) is 2.41. The Morgan fingerprint density at radius 2 is 2.06 bits per heavy atom. The lowest BCUT2D eigenvalue weighted by Crippen LogP contribution is -2.12. The molecular weight excluding hydrogens is 226 g/mol. The Balaban J connectivity index is 2.53. The molecule has 0 heterocycles. The van der Waals surface area contributed by atoms with Gasteiger partial charge in [-0.15, -0.1) is 0 Å². The standard InChI is InChI=1S/C13H16F2O2/c1-9(8-17-2)5-11(16)6-10-3-4-12(14)13(15)7-10/h3-4,7,9H,5-6,8H2,1-2H3. The van der Waals surface area contributed by atoms with Gasteiger partial charge in [-0.3, -0.25) is 4.79 Å². The monoisotopic (exact) mass is 242 g/mol. The Morgan fingerprint density at radius 1 is 1.35 bits per heavy atom. The average molecular weight is 242 g/mol. The van der Waals surface area contributed by atoms with E-state index < -0.39 is 11.6 Å². The molecule has 0 radical (unpaired) electrons. The van der Waals surface area contributed by atoms with E-state index in [1.165, 1.54) is 6.07 Å². The van der Waals surface area contributed by atoms with Gasteiger partial charge in [-0.2, -0.15) is 0 Å². The van der Waals surface area contributed by atoms with Crippen LogP contribution in [0.15, 0.2) is 18.2 Å². The van der Waals surface area contributed by atoms with Crippen molar-refractivity contribution in [3.8, 4) is 0 Å². The van der Waals surface area contributed by atoms with Gasteiger partial charge in [-0.05, 0) is 23.6 Å². The molecule has 0 bridgehead atoms. The van der Waals surface area contributed by atoms with Gasteiger partial charge in [0, 0.05) is 26.6 Å². The van der Waals surface area contributed by atoms with Crippen LogP contribution in [0, 0.1) is 17.6 Å². The molecule has 0 aromatic heterocycles. The predicted molar refractivity (Wildman–Crippen MR) is 60.7 cm³/mol. The second-order valence-corrected chi connectivity index (χ2v) is 4.23. The number of carbonyl (C=O) groups excluding carboxylic acids is 1. The van der Waals surface area contributed by atoms with E-state index in [0.717, 1.165) is 12.1 Å². The molecule has 0 saturated carbocycles. The Bertz CT molecular complexity index is 391. The largest absolute Gasteiger partial charge is 0.384 e. The van der Waals surface area contributed by atoms with Gasteiger partial charge in [0.05, 0.1) is 0 Å². The van der Waals surface area contributed by atoms with Crippen molar-refractivity contribution in [3.63, 3.8) is 0 Å². The summed E-state index contributed by atoms with van der Waals surface area (Å²) in [7, 11) is 1.58. The van der Waals surface area contributed by atoms with Gasteiger partial charge in [0.1, 0.15) is 5.78 Å². The van der Waals surface area contributed by atoms with Gasteiger partial charge in [-0.25, -0.2) is 8.78 Å². The number of ether oxygens (including phenoxy) is 1. The molecule has 4 heteroatoms. The third kappa shape index (κ3) is 4.61. The smallest absolute Gasteiger partial charge is 0.159 e. The van der Waals surface area contributed by atoms with Gasteiger partial charge in [-0.1, -0.05) is 13.0 Å². The summed E-state index contributed by atoms with van der Waals surface area (Å²) >= 11 is 0. The van der Waals surface area contributed by atoms with Crippen molar-refractivity contribution in [2.75, 3.05) is 13.7 Å². The molecule has 17 heavy (non-hydrogen) atoms. The highest BCUT2D eigenvalue weighted by molar-refractivity contribution is 5.81. The fourth-order valence-corrected chi connectivity index (χ4v) is 1.68. The molecule has 1 aromatic rings. The first-order valence-corrected chi connectivity index (χ1v) is 5.47. The van der Waals surface area contributed by atoms with E-state index in [4.69, 9.17) is 4.74 Å². The lowest BCUT2D eigenvalue weighted by Gasteiger charge is -2.09. The molecule has 1 aromatic carbocycles. The molecule has 0 fully saturated rings. The quantitative estimate of drug-likeness (QED) is 0.766. The highest BCUT2D eigenvalue weighted by Gasteiger charge is 2.11. The van der Waals surface area contributed by atoms with E-state index in [9.17, 15) is 13.6 Å². The van der Waals surface area contributed by atoms with Crippen LogP contribution in [0.25, 0.3) is 0 Å². The summed E-state index contributed by atoms with van der Waals surface area (Å²) in [5, 5.41) is 0. The molecule has 2 nitrogen and oxygen atoms in total. The van der Waals surface area contributed by atoms with E-state index in [0.29, 0.717) is 18.6 Å². The zero-order chi connectivity index (χ0) is 12.8. The van der Waals surface area contributed by atoms with Crippen LogP contribution in [0.3, 0.4) is 0 Å². The molecule has 0 aliphatic carbocycles. The molecule has 0 spiro atoms. The first kappa shape index (κ1) is 13.8. The average Bonchev–Trinajstić information content (AvgIpc) is 2.23. The fraction of sp³-hybridized carbons (Fsp3) is 0.462. The fourth-order valence-electron chi connectivity index (χ4n) is 1.68. The van der Waals surface area contributed by atoms with Crippen molar-refractivity contribution in [2.24, 2.45) is 5.92 Å². The number of methoxy groups -OCH3 is 1. The van der Waals surface area contributed by atoms with Crippen LogP contribution in [-0.4, -0.2) is 19.5 Å². The second kappa shape index (κ2) is 6.45. The predicted octanol–water partition coefficient (Wildman–Crippen LogP) is 2.75. The summed E-state index contributed by atoms with van der Waals surface area (Å²) in [5.74, 6) is -1.67. The van der Waals surface area contributed by atoms with Crippen molar-refractivity contribution in [1.29, 1.82) is 0 Å². The maximum Gasteiger partial charge on any atom is 0.159 e. The van der Waals surface area contributed by atoms with Crippen LogP contribution in [0.1, 0.15) is 18.9 Å². The molecule has 94 valence electrons. The van der Waals surface area contributed by atoms with Crippen molar-refractivity contribution in [3.05, 3.63) is 35.4 Å². The molecule has 0 saturated heterocycles. The molecule has 0 N–H and O–H groups in total. The Labute approximate surface area is 99.6 Å². The number of Topliss-reactive ketones (excluding diaryl/α,β-unsaturated/α-hetero) is 1. The van der Waals surface area contributed by atoms with Crippen LogP contribution >= 0.6 is 0 Å². The van der Waals surface area contributed by atoms with Crippen LogP contribution in [0.4, 0.5) is 8.78 Å². The van der Waals surface area contributed by atoms with E-state index >= 15 is 0 Å². The molecule has 1 atom stereocenters. The van der Waals surface area contributed by atoms with Crippen LogP contribution < -0.4 is 0 Å². The summed E-state index contributed by atoms with van der Waals surface area (Å²) in [6, 6.07) is 3.53. The molecule has 1 unspecified atom stereocenters. The molecular formula is C13H16F2O2. The molecule has 0 aliphatic heterocycles. The van der Waals surface area contributed by atoms with Crippen molar-refractivity contribution in [2.45, 2.75) is 19.8 Å². The molecule has 1 rings (SSSR count). The number of ketones is 1. The summed E-state index contributed by atoms with van der Waals surface area (Å²) in [6.07, 6.45) is 0.512. The van der Waals surface area contributed by atoms with E-state index in [-0.39, 0.29) is 18.1 Å². The maximum atomic E-state index is 12.9. The summed E-state index contributed by atoms with van der Waals surface area (Å²) in [5.41, 5.74) is 0.499. The van der Waals surface area contributed by atoms with Crippen LogP contribution in [-0.2, 0) is 16.0 Å². The summed E-state index contributed by atoms with van der Waals surface area (Å²) in [6.45, 7) is 2.43. The SMILES string of the molecule is COCC(C)CC(=O)Cc1ccc(F)c(F)c1. The van der Waals surface area contributed by atoms with Crippen LogP contribution in [0.2, 0.25) is 0 Å². The van der Waals surface area contributed by atoms with E-state index in [2.05, 4.69) is 0 Å². The Kier molecular flexibility index (Phi) is 5.22. The minimum absolute atomic E-state index is 0.000517. The summed E-state index contributed by atoms with van der Waals surface area (Å²) in [4.78, 5) is 11.6. The van der Waals surface area contributed by atoms with Gasteiger partial charge in [0.25, 0.3) is 0 Å². The lowest BCUT2D eigenvalue weighted by atomic mass is 10.0. The number of hydrogen-bond donors (Lipinski definition) is 0. The first-order chi connectivity index (χ1) is 8.02. The normalized spacial score (nSPS) is 12.5. The molecule has 0 aliphatic rings. The zero-order valence-corrected chi connectivity index (χ0v) is 10.0. The maximum absolute atomic E-state index is 12.9. The lowest BCUT2D eigenvalue weighted by molar-refractivity contribution is -0.119. The van der Waals surface area contributed by atoms with Gasteiger partial charge >= 0.3 is 0 Å². The third-order valence-electron chi connectivity index (χ3n) is 2.41. The van der Waals surface area contributed by atoms with E-state index in [1.54, 1.807) is 7.11 Å². The van der Waals surface area contributed by atoms with Crippen molar-refractivity contribution < 1.29 is 18.3 Å². The Hall–Kier alpha value is -1.29. The number of rotatable bonds is 6. The van der Waals surface area contributed by atoms with Gasteiger partial charge in [0.15, 0.2) is 11.6 Å². The number of carbonyl (C=O) groups is 1. The second-order valence-electron chi connectivity index (χ2n) is 4.23. The first-order valence-electron chi connectivity index (χ1n) is 5.47. The molecule has 0 amide bonds. The van der Waals surface area contributed by atoms with Crippen molar-refractivity contribution >= 4 is 5.78 Å². The van der Waals surface area contributed by atoms with Gasteiger partial charge < -0.3 is 4.74 Å². The van der Waals surface area contributed by atoms with Gasteiger partial charge in [0.2, 0.25) is 0 Å². The van der Waals surface area contributed by atoms with Crippen molar-refractivity contribution in [1.82, 2.24) is 0 Å². The number of benzene rings is 1. The highest BCUT2D eigenvalue weighted by atomic mass is 19.2. The highest BCUT2D eigenvalue weighted by Crippen LogP contribution is 2.12. The summed E-state index contributed by atoms with van der Waals surface area (Å²) < 4.78 is 30.5. The van der Waals surface area contributed by atoms with Crippen LogP contribution in [0.5, 0.6) is 0 Å². The zero-order valence-electron chi connectivity index (χ0n) is 10.0. The Morgan fingerprint density at radius 3 is 2.65 bits per heavy atom. The minimum Gasteiger partial charge on any atom is -0.384 e. The minimum atomic E-state index is -0.916. The topological polar surface area (TPSA) is 26.3 Å². The number of hydrogen-bond acceptors (Lipinski definition) is 2. The number of halogens is 2. The van der Waals surface area contributed by atoms with E-state index in [1.807, 2.05) is 6.92 Å².